The molecular weight excluding hydrogens is 353 g/mol. The van der Waals surface area contributed by atoms with Crippen LogP contribution in [0.4, 0.5) is 13.2 Å². The molecule has 2 aromatic carbocycles. The summed E-state index contributed by atoms with van der Waals surface area (Å²) in [5, 5.41) is 2.94. The number of nitrogens with one attached hydrogen (secondary N) is 1. The molecule has 1 N–H and O–H groups in total. The van der Waals surface area contributed by atoms with Crippen molar-refractivity contribution in [1.29, 1.82) is 0 Å². The van der Waals surface area contributed by atoms with Gasteiger partial charge in [0.15, 0.2) is 0 Å². The van der Waals surface area contributed by atoms with E-state index >= 15 is 0 Å². The van der Waals surface area contributed by atoms with E-state index in [1.54, 1.807) is 6.07 Å². The molecule has 144 valence electrons. The van der Waals surface area contributed by atoms with Gasteiger partial charge in [-0.25, -0.2) is 0 Å². The molecule has 0 radical (unpaired) electrons. The third-order valence-electron chi connectivity index (χ3n) is 5.12. The van der Waals surface area contributed by atoms with Crippen molar-refractivity contribution >= 4 is 5.91 Å². The molecule has 1 aliphatic heterocycles. The van der Waals surface area contributed by atoms with Gasteiger partial charge in [-0.1, -0.05) is 42.5 Å². The van der Waals surface area contributed by atoms with E-state index in [0.29, 0.717) is 31.5 Å². The molecule has 1 heterocycles. The van der Waals surface area contributed by atoms with Crippen molar-refractivity contribution in [2.45, 2.75) is 38.0 Å². The topological polar surface area (TPSA) is 32.3 Å². The SMILES string of the molecule is CC(=O)NC1(c2cccc(C(F)(F)F)c2)CCN(Cc2ccccc2)CC1. The first kappa shape index (κ1) is 19.4. The number of hydrogen-bond donors (Lipinski definition) is 1. The number of amides is 1. The van der Waals surface area contributed by atoms with Gasteiger partial charge in [-0.3, -0.25) is 9.69 Å². The Labute approximate surface area is 157 Å². The molecule has 3 rings (SSSR count). The average molecular weight is 376 g/mol. The van der Waals surface area contributed by atoms with Crippen molar-refractivity contribution < 1.29 is 18.0 Å². The van der Waals surface area contributed by atoms with Crippen molar-refractivity contribution in [2.75, 3.05) is 13.1 Å². The highest BCUT2D eigenvalue weighted by Gasteiger charge is 2.39. The monoisotopic (exact) mass is 376 g/mol. The molecule has 3 nitrogen and oxygen atoms in total. The van der Waals surface area contributed by atoms with Gasteiger partial charge in [0, 0.05) is 26.6 Å². The Hall–Kier alpha value is -2.34. The maximum Gasteiger partial charge on any atom is 0.416 e. The molecule has 0 spiro atoms. The number of alkyl halides is 3. The number of likely N-dealkylation sites (tertiary alicyclic amines) is 1. The van der Waals surface area contributed by atoms with E-state index in [4.69, 9.17) is 0 Å². The van der Waals surface area contributed by atoms with Gasteiger partial charge in [-0.15, -0.1) is 0 Å². The van der Waals surface area contributed by atoms with Crippen LogP contribution in [0, 0.1) is 0 Å². The predicted octanol–water partition coefficient (Wildman–Crippen LogP) is 4.33. The van der Waals surface area contributed by atoms with Crippen LogP contribution in [0.15, 0.2) is 54.6 Å². The standard InChI is InChI=1S/C21H23F3N2O/c1-16(27)25-20(18-8-5-9-19(14-18)21(22,23)24)10-12-26(13-11-20)15-17-6-3-2-4-7-17/h2-9,14H,10-13,15H2,1H3,(H,25,27). The highest BCUT2D eigenvalue weighted by Crippen LogP contribution is 2.37. The van der Waals surface area contributed by atoms with Gasteiger partial charge in [0.2, 0.25) is 5.91 Å². The van der Waals surface area contributed by atoms with E-state index in [2.05, 4.69) is 22.3 Å². The largest absolute Gasteiger partial charge is 0.416 e. The average Bonchev–Trinajstić information content (AvgIpc) is 2.63. The van der Waals surface area contributed by atoms with Crippen LogP contribution < -0.4 is 5.32 Å². The van der Waals surface area contributed by atoms with E-state index in [1.807, 2.05) is 18.2 Å². The maximum absolute atomic E-state index is 13.1. The van der Waals surface area contributed by atoms with Crippen molar-refractivity contribution in [3.05, 3.63) is 71.3 Å². The minimum atomic E-state index is -4.40. The quantitative estimate of drug-likeness (QED) is 0.861. The summed E-state index contributed by atoms with van der Waals surface area (Å²) in [5.41, 5.74) is 0.271. The Balaban J connectivity index is 1.80. The number of halogens is 3. The minimum absolute atomic E-state index is 0.232. The Bertz CT molecular complexity index is 782. The van der Waals surface area contributed by atoms with Crippen LogP contribution in [0.3, 0.4) is 0 Å². The molecule has 1 aliphatic rings. The van der Waals surface area contributed by atoms with Crippen LogP contribution >= 0.6 is 0 Å². The van der Waals surface area contributed by atoms with Crippen LogP contribution in [0.25, 0.3) is 0 Å². The zero-order valence-electron chi connectivity index (χ0n) is 15.2. The molecule has 0 aromatic heterocycles. The third-order valence-corrected chi connectivity index (χ3v) is 5.12. The Morgan fingerprint density at radius 2 is 1.74 bits per heavy atom. The molecule has 0 saturated carbocycles. The van der Waals surface area contributed by atoms with Gasteiger partial charge in [0.1, 0.15) is 0 Å². The first-order valence-corrected chi connectivity index (χ1v) is 9.01. The normalized spacial score (nSPS) is 17.5. The fraction of sp³-hybridized carbons (Fsp3) is 0.381. The van der Waals surface area contributed by atoms with Gasteiger partial charge in [-0.2, -0.15) is 13.2 Å². The zero-order chi connectivity index (χ0) is 19.5. The highest BCUT2D eigenvalue weighted by molar-refractivity contribution is 5.74. The summed E-state index contributed by atoms with van der Waals surface area (Å²) in [7, 11) is 0. The predicted molar refractivity (Wildman–Crippen MR) is 97.9 cm³/mol. The highest BCUT2D eigenvalue weighted by atomic mass is 19.4. The summed E-state index contributed by atoms with van der Waals surface area (Å²) in [6.07, 6.45) is -3.26. The maximum atomic E-state index is 13.1. The number of piperidine rings is 1. The van der Waals surface area contributed by atoms with Crippen LogP contribution in [-0.4, -0.2) is 23.9 Å². The van der Waals surface area contributed by atoms with Gasteiger partial charge in [0.05, 0.1) is 11.1 Å². The molecule has 0 bridgehead atoms. The van der Waals surface area contributed by atoms with Crippen molar-refractivity contribution in [3.63, 3.8) is 0 Å². The van der Waals surface area contributed by atoms with Gasteiger partial charge >= 0.3 is 6.18 Å². The number of carbonyl (C=O) groups is 1. The Kier molecular flexibility index (Phi) is 5.56. The summed E-state index contributed by atoms with van der Waals surface area (Å²) in [5.74, 6) is -0.232. The summed E-state index contributed by atoms with van der Waals surface area (Å²) in [6, 6.07) is 15.4. The summed E-state index contributed by atoms with van der Waals surface area (Å²) in [6.45, 7) is 3.60. The second-order valence-corrected chi connectivity index (χ2v) is 7.10. The second-order valence-electron chi connectivity index (χ2n) is 7.10. The van der Waals surface area contributed by atoms with Gasteiger partial charge in [-0.05, 0) is 36.1 Å². The lowest BCUT2D eigenvalue weighted by Crippen LogP contribution is -2.52. The smallest absolute Gasteiger partial charge is 0.347 e. The van der Waals surface area contributed by atoms with E-state index in [1.165, 1.54) is 24.6 Å². The molecule has 2 aromatic rings. The van der Waals surface area contributed by atoms with Crippen molar-refractivity contribution in [1.82, 2.24) is 10.2 Å². The lowest BCUT2D eigenvalue weighted by Gasteiger charge is -2.43. The number of benzene rings is 2. The first-order chi connectivity index (χ1) is 12.8. The van der Waals surface area contributed by atoms with Crippen LogP contribution in [-0.2, 0) is 23.1 Å². The van der Waals surface area contributed by atoms with Crippen molar-refractivity contribution in [2.24, 2.45) is 0 Å². The Morgan fingerprint density at radius 3 is 2.33 bits per heavy atom. The molecule has 0 atom stereocenters. The summed E-state index contributed by atoms with van der Waals surface area (Å²) < 4.78 is 39.4. The first-order valence-electron chi connectivity index (χ1n) is 9.01. The molecule has 0 aliphatic carbocycles. The molecule has 1 fully saturated rings. The van der Waals surface area contributed by atoms with Crippen molar-refractivity contribution in [3.8, 4) is 0 Å². The van der Waals surface area contributed by atoms with E-state index < -0.39 is 17.3 Å². The molecule has 1 saturated heterocycles. The lowest BCUT2D eigenvalue weighted by atomic mass is 9.80. The fourth-order valence-corrected chi connectivity index (χ4v) is 3.75. The molecule has 6 heteroatoms. The number of rotatable bonds is 4. The molecular formula is C21H23F3N2O. The molecule has 1 amide bonds. The van der Waals surface area contributed by atoms with Gasteiger partial charge < -0.3 is 5.32 Å². The number of nitrogens with zero attached hydrogens (tertiary/aromatic N) is 1. The van der Waals surface area contributed by atoms with Gasteiger partial charge in [0.25, 0.3) is 0 Å². The summed E-state index contributed by atoms with van der Waals surface area (Å²) in [4.78, 5) is 14.1. The number of hydrogen-bond acceptors (Lipinski definition) is 2. The van der Waals surface area contributed by atoms with E-state index in [9.17, 15) is 18.0 Å². The van der Waals surface area contributed by atoms with Crippen LogP contribution in [0.2, 0.25) is 0 Å². The van der Waals surface area contributed by atoms with E-state index in [-0.39, 0.29) is 5.91 Å². The molecule has 0 unspecified atom stereocenters. The Morgan fingerprint density at radius 1 is 1.07 bits per heavy atom. The zero-order valence-corrected chi connectivity index (χ0v) is 15.2. The minimum Gasteiger partial charge on any atom is -0.347 e. The van der Waals surface area contributed by atoms with E-state index in [0.717, 1.165) is 12.6 Å². The lowest BCUT2D eigenvalue weighted by molar-refractivity contribution is -0.137. The summed E-state index contributed by atoms with van der Waals surface area (Å²) >= 11 is 0. The molecule has 27 heavy (non-hydrogen) atoms. The van der Waals surface area contributed by atoms with Crippen LogP contribution in [0.5, 0.6) is 0 Å². The van der Waals surface area contributed by atoms with Crippen LogP contribution in [0.1, 0.15) is 36.5 Å². The third kappa shape index (κ3) is 4.69. The second kappa shape index (κ2) is 7.72. The fourth-order valence-electron chi connectivity index (χ4n) is 3.75. The number of carbonyl (C=O) groups excluding carboxylic acids is 1.